The molecule has 1 rings (SSSR count). The van der Waals surface area contributed by atoms with Crippen LogP contribution in [0.5, 0.6) is 0 Å². The first-order chi connectivity index (χ1) is 10.3. The number of aliphatic imine (C=N–C) groups is 1. The van der Waals surface area contributed by atoms with Crippen molar-refractivity contribution in [1.82, 2.24) is 25.3 Å². The van der Waals surface area contributed by atoms with Crippen LogP contribution in [0.1, 0.15) is 25.5 Å². The number of rotatable bonds is 7. The van der Waals surface area contributed by atoms with Crippen molar-refractivity contribution >= 4 is 17.7 Å². The molecular formula is C15H30N6S. The lowest BCUT2D eigenvalue weighted by molar-refractivity contribution is 0.298. The topological polar surface area (TPSA) is 57.5 Å². The Hall–Kier alpha value is -1.21. The summed E-state index contributed by atoms with van der Waals surface area (Å²) in [5.74, 6) is 0.831. The second-order valence-corrected chi connectivity index (χ2v) is 7.71. The van der Waals surface area contributed by atoms with Gasteiger partial charge in [-0.25, -0.2) is 0 Å². The van der Waals surface area contributed by atoms with Crippen LogP contribution >= 0.6 is 11.8 Å². The smallest absolute Gasteiger partial charge is 0.191 e. The highest BCUT2D eigenvalue weighted by molar-refractivity contribution is 7.99. The average molecular weight is 327 g/mol. The Morgan fingerprint density at radius 3 is 2.59 bits per heavy atom. The number of hydrogen-bond acceptors (Lipinski definition) is 4. The maximum Gasteiger partial charge on any atom is 0.191 e. The number of aryl methyl sites for hydroxylation is 1. The maximum absolute atomic E-state index is 4.30. The minimum Gasteiger partial charge on any atom is -0.355 e. The average Bonchev–Trinajstić information content (AvgIpc) is 2.88. The van der Waals surface area contributed by atoms with Gasteiger partial charge in [-0.2, -0.15) is 16.9 Å². The van der Waals surface area contributed by atoms with Gasteiger partial charge in [-0.05, 0) is 34.2 Å². The van der Waals surface area contributed by atoms with E-state index in [9.17, 15) is 0 Å². The zero-order chi connectivity index (χ0) is 16.8. The van der Waals surface area contributed by atoms with Crippen LogP contribution in [0, 0.1) is 0 Å². The number of nitrogens with zero attached hydrogens (tertiary/aromatic N) is 4. The highest BCUT2D eigenvalue weighted by Gasteiger charge is 2.18. The van der Waals surface area contributed by atoms with E-state index in [0.717, 1.165) is 19.0 Å². The summed E-state index contributed by atoms with van der Waals surface area (Å²) in [6, 6.07) is 0.251. The normalized spacial score (nSPS) is 14.3. The van der Waals surface area contributed by atoms with E-state index in [1.54, 1.807) is 7.05 Å². The number of aromatic nitrogens is 2. The minimum atomic E-state index is 0.182. The highest BCUT2D eigenvalue weighted by atomic mass is 32.2. The fraction of sp³-hybridized carbons (Fsp3) is 0.733. The summed E-state index contributed by atoms with van der Waals surface area (Å²) in [4.78, 5) is 6.49. The lowest BCUT2D eigenvalue weighted by atomic mass is 10.1. The van der Waals surface area contributed by atoms with E-state index < -0.39 is 0 Å². The minimum absolute atomic E-state index is 0.182. The Kier molecular flexibility index (Phi) is 7.22. The lowest BCUT2D eigenvalue weighted by Crippen LogP contribution is -2.45. The summed E-state index contributed by atoms with van der Waals surface area (Å²) < 4.78 is 2.02. The van der Waals surface area contributed by atoms with Gasteiger partial charge in [-0.15, -0.1) is 0 Å². The quantitative estimate of drug-likeness (QED) is 0.585. The molecule has 0 aliphatic rings. The van der Waals surface area contributed by atoms with Gasteiger partial charge in [0, 0.05) is 43.7 Å². The summed E-state index contributed by atoms with van der Waals surface area (Å²) in [6.07, 6.45) is 6.10. The molecule has 0 saturated carbocycles. The zero-order valence-corrected chi connectivity index (χ0v) is 15.7. The largest absolute Gasteiger partial charge is 0.355 e. The van der Waals surface area contributed by atoms with Crippen molar-refractivity contribution in [1.29, 1.82) is 0 Å². The molecule has 1 aromatic heterocycles. The first-order valence-electron chi connectivity index (χ1n) is 7.43. The van der Waals surface area contributed by atoms with Crippen molar-refractivity contribution in [3.63, 3.8) is 0 Å². The van der Waals surface area contributed by atoms with E-state index in [1.807, 2.05) is 29.7 Å². The molecule has 0 bridgehead atoms. The van der Waals surface area contributed by atoms with Crippen molar-refractivity contribution in [3.05, 3.63) is 18.0 Å². The Morgan fingerprint density at radius 1 is 1.45 bits per heavy atom. The predicted molar refractivity (Wildman–Crippen MR) is 96.6 cm³/mol. The van der Waals surface area contributed by atoms with Gasteiger partial charge in [0.05, 0.1) is 12.2 Å². The van der Waals surface area contributed by atoms with E-state index in [1.165, 1.54) is 5.56 Å². The van der Waals surface area contributed by atoms with Gasteiger partial charge in [0.2, 0.25) is 0 Å². The maximum atomic E-state index is 4.30. The van der Waals surface area contributed by atoms with Crippen LogP contribution in [0.3, 0.4) is 0 Å². The molecule has 126 valence electrons. The van der Waals surface area contributed by atoms with Crippen molar-refractivity contribution in [2.45, 2.75) is 24.6 Å². The standard InChI is InChI=1S/C15H30N6S/c1-15(2,22-7)11-18-14(16-3)17-9-13(20(4)5)12-8-19-21(6)10-12/h8,10,13H,9,11H2,1-7H3,(H2,16,17,18). The SMILES string of the molecule is CN=C(NCC(c1cnn(C)c1)N(C)C)NCC(C)(C)SC. The Morgan fingerprint density at radius 2 is 2.14 bits per heavy atom. The highest BCUT2D eigenvalue weighted by Crippen LogP contribution is 2.19. The van der Waals surface area contributed by atoms with E-state index in [-0.39, 0.29) is 10.8 Å². The van der Waals surface area contributed by atoms with Gasteiger partial charge < -0.3 is 15.5 Å². The van der Waals surface area contributed by atoms with Crippen LogP contribution in [-0.4, -0.2) is 65.9 Å². The summed E-state index contributed by atoms with van der Waals surface area (Å²) in [6.45, 7) is 6.08. The Bertz CT molecular complexity index is 480. The molecule has 1 atom stereocenters. The molecule has 0 aliphatic carbocycles. The van der Waals surface area contributed by atoms with Gasteiger partial charge in [0.15, 0.2) is 5.96 Å². The molecule has 7 heteroatoms. The molecule has 1 heterocycles. The molecule has 0 amide bonds. The molecule has 0 spiro atoms. The first-order valence-corrected chi connectivity index (χ1v) is 8.66. The molecule has 0 radical (unpaired) electrons. The molecule has 1 unspecified atom stereocenters. The van der Waals surface area contributed by atoms with Crippen LogP contribution in [0.4, 0.5) is 0 Å². The number of likely N-dealkylation sites (N-methyl/N-ethyl adjacent to an activating group) is 1. The lowest BCUT2D eigenvalue weighted by Gasteiger charge is -2.26. The first kappa shape index (κ1) is 18.8. The second kappa shape index (κ2) is 8.43. The fourth-order valence-corrected chi connectivity index (χ4v) is 2.21. The molecule has 0 saturated heterocycles. The fourth-order valence-electron chi connectivity index (χ4n) is 1.99. The molecule has 22 heavy (non-hydrogen) atoms. The summed E-state index contributed by atoms with van der Waals surface area (Å²) in [7, 11) is 7.89. The molecule has 0 aromatic carbocycles. The number of thioether (sulfide) groups is 1. The van der Waals surface area contributed by atoms with E-state index in [4.69, 9.17) is 0 Å². The third kappa shape index (κ3) is 5.88. The number of guanidine groups is 1. The van der Waals surface area contributed by atoms with Crippen LogP contribution in [0.15, 0.2) is 17.4 Å². The third-order valence-corrected chi connectivity index (χ3v) is 4.90. The number of nitrogens with one attached hydrogen (secondary N) is 2. The van der Waals surface area contributed by atoms with Crippen molar-refractivity contribution < 1.29 is 0 Å². The molecule has 0 fully saturated rings. The van der Waals surface area contributed by atoms with Gasteiger partial charge >= 0.3 is 0 Å². The van der Waals surface area contributed by atoms with Crippen LogP contribution in [-0.2, 0) is 7.05 Å². The Balaban J connectivity index is 2.60. The van der Waals surface area contributed by atoms with Gasteiger partial charge in [-0.3, -0.25) is 9.67 Å². The van der Waals surface area contributed by atoms with Gasteiger partial charge in [-0.1, -0.05) is 0 Å². The number of hydrogen-bond donors (Lipinski definition) is 2. The predicted octanol–water partition coefficient (Wildman–Crippen LogP) is 1.33. The van der Waals surface area contributed by atoms with Crippen molar-refractivity contribution in [2.75, 3.05) is 40.5 Å². The summed E-state index contributed by atoms with van der Waals surface area (Å²) >= 11 is 1.84. The summed E-state index contributed by atoms with van der Waals surface area (Å²) in [5, 5.41) is 11.1. The van der Waals surface area contributed by atoms with Crippen LogP contribution < -0.4 is 10.6 Å². The summed E-state index contributed by atoms with van der Waals surface area (Å²) in [5.41, 5.74) is 1.19. The van der Waals surface area contributed by atoms with Crippen LogP contribution in [0.2, 0.25) is 0 Å². The molecule has 0 aliphatic heterocycles. The van der Waals surface area contributed by atoms with E-state index >= 15 is 0 Å². The molecule has 2 N–H and O–H groups in total. The van der Waals surface area contributed by atoms with E-state index in [0.29, 0.717) is 0 Å². The van der Waals surface area contributed by atoms with E-state index in [2.05, 4.69) is 66.0 Å². The molecule has 1 aromatic rings. The molecular weight excluding hydrogens is 296 g/mol. The van der Waals surface area contributed by atoms with Gasteiger partial charge in [0.1, 0.15) is 0 Å². The second-order valence-electron chi connectivity index (χ2n) is 6.20. The van der Waals surface area contributed by atoms with Gasteiger partial charge in [0.25, 0.3) is 0 Å². The van der Waals surface area contributed by atoms with Crippen molar-refractivity contribution in [3.8, 4) is 0 Å². The zero-order valence-electron chi connectivity index (χ0n) is 14.8. The third-order valence-electron chi connectivity index (χ3n) is 3.65. The Labute approximate surface area is 138 Å². The van der Waals surface area contributed by atoms with Crippen LogP contribution in [0.25, 0.3) is 0 Å². The monoisotopic (exact) mass is 326 g/mol. The molecule has 6 nitrogen and oxygen atoms in total. The van der Waals surface area contributed by atoms with Crippen molar-refractivity contribution in [2.24, 2.45) is 12.0 Å².